The third-order valence-corrected chi connectivity index (χ3v) is 5.11. The van der Waals surface area contributed by atoms with Crippen LogP contribution in [0.1, 0.15) is 75.1 Å². The fourth-order valence-electron chi connectivity index (χ4n) is 3.66. The Bertz CT molecular complexity index is 1040. The van der Waals surface area contributed by atoms with E-state index in [4.69, 9.17) is 4.74 Å². The van der Waals surface area contributed by atoms with Crippen molar-refractivity contribution in [2.75, 3.05) is 0 Å². The molecule has 0 unspecified atom stereocenters. The monoisotopic (exact) mass is 386 g/mol. The van der Waals surface area contributed by atoms with E-state index < -0.39 is 11.6 Å². The van der Waals surface area contributed by atoms with E-state index in [1.54, 1.807) is 30.2 Å². The van der Waals surface area contributed by atoms with E-state index in [0.29, 0.717) is 17.1 Å². The predicted octanol–water partition coefficient (Wildman–Crippen LogP) is 2.08. The molecule has 0 bridgehead atoms. The molecule has 1 amide bonds. The number of ether oxygens (including phenoxy) is 1. The minimum atomic E-state index is -0.636. The molecule has 1 aliphatic carbocycles. The molecule has 0 radical (unpaired) electrons. The number of aromatic nitrogens is 3. The van der Waals surface area contributed by atoms with Gasteiger partial charge in [-0.15, -0.1) is 0 Å². The summed E-state index contributed by atoms with van der Waals surface area (Å²) in [6.45, 7) is 9.29. The van der Waals surface area contributed by atoms with Crippen molar-refractivity contribution in [1.82, 2.24) is 19.1 Å². The zero-order valence-electron chi connectivity index (χ0n) is 17.0. The standard InChI is InChI=1S/C20H26N4O4/c1-11(2)22-9-13-17(19(22)27)23(10-16(25)28-20(3,4)5)15-8-14(12-6-7-12)21-24(15)18(13)26/h8,11-12H,6-7,9-10H2,1-5H3. The second-order valence-corrected chi connectivity index (χ2v) is 8.95. The molecule has 0 N–H and O–H groups in total. The van der Waals surface area contributed by atoms with E-state index >= 15 is 0 Å². The van der Waals surface area contributed by atoms with Gasteiger partial charge in [-0.3, -0.25) is 14.4 Å². The SMILES string of the molecule is CC(C)N1Cc2c(n(CC(=O)OC(C)(C)C)c3cc(C4CC4)nn3c2=O)C1=O. The molecule has 1 fully saturated rings. The number of fused-ring (bicyclic) bond motifs is 2. The van der Waals surface area contributed by atoms with Crippen molar-refractivity contribution >= 4 is 17.5 Å². The fraction of sp³-hybridized carbons (Fsp3) is 0.600. The van der Waals surface area contributed by atoms with Gasteiger partial charge in [0, 0.05) is 18.0 Å². The molecule has 8 nitrogen and oxygen atoms in total. The van der Waals surface area contributed by atoms with Gasteiger partial charge in [-0.1, -0.05) is 0 Å². The van der Waals surface area contributed by atoms with E-state index in [-0.39, 0.29) is 36.3 Å². The lowest BCUT2D eigenvalue weighted by Crippen LogP contribution is -2.33. The van der Waals surface area contributed by atoms with Crippen molar-refractivity contribution in [2.24, 2.45) is 0 Å². The van der Waals surface area contributed by atoms with Crippen LogP contribution in [0, 0.1) is 0 Å². The third kappa shape index (κ3) is 3.10. The molecule has 2 aromatic heterocycles. The summed E-state index contributed by atoms with van der Waals surface area (Å²) in [6.07, 6.45) is 2.09. The number of carbonyl (C=O) groups excluding carboxylic acids is 2. The van der Waals surface area contributed by atoms with Gasteiger partial charge in [0.25, 0.3) is 11.5 Å². The number of esters is 1. The van der Waals surface area contributed by atoms with Gasteiger partial charge in [0.1, 0.15) is 23.5 Å². The summed E-state index contributed by atoms with van der Waals surface area (Å²) >= 11 is 0. The summed E-state index contributed by atoms with van der Waals surface area (Å²) in [5.41, 5.74) is 1.05. The van der Waals surface area contributed by atoms with Crippen molar-refractivity contribution in [3.63, 3.8) is 0 Å². The topological polar surface area (TPSA) is 85.9 Å². The van der Waals surface area contributed by atoms with Gasteiger partial charge in [-0.2, -0.15) is 9.61 Å². The maximum atomic E-state index is 13.1. The van der Waals surface area contributed by atoms with E-state index in [1.165, 1.54) is 4.52 Å². The lowest BCUT2D eigenvalue weighted by molar-refractivity contribution is -0.155. The summed E-state index contributed by atoms with van der Waals surface area (Å²) in [6, 6.07) is 1.78. The van der Waals surface area contributed by atoms with E-state index in [2.05, 4.69) is 5.10 Å². The van der Waals surface area contributed by atoms with Crippen LogP contribution in [0.25, 0.3) is 5.65 Å². The van der Waals surface area contributed by atoms with Crippen LogP contribution >= 0.6 is 0 Å². The molecular formula is C20H26N4O4. The molecular weight excluding hydrogens is 360 g/mol. The van der Waals surface area contributed by atoms with Crippen LogP contribution in [0.5, 0.6) is 0 Å². The number of hydrogen-bond donors (Lipinski definition) is 0. The molecule has 8 heteroatoms. The van der Waals surface area contributed by atoms with Gasteiger partial charge in [-0.25, -0.2) is 0 Å². The van der Waals surface area contributed by atoms with Crippen LogP contribution in [-0.4, -0.2) is 42.6 Å². The zero-order valence-corrected chi connectivity index (χ0v) is 17.0. The first-order chi connectivity index (χ1) is 13.1. The van der Waals surface area contributed by atoms with Gasteiger partial charge >= 0.3 is 5.97 Å². The van der Waals surface area contributed by atoms with E-state index in [9.17, 15) is 14.4 Å². The fourth-order valence-corrected chi connectivity index (χ4v) is 3.66. The normalized spacial score (nSPS) is 16.9. The number of rotatable bonds is 4. The van der Waals surface area contributed by atoms with Crippen LogP contribution in [0.15, 0.2) is 10.9 Å². The third-order valence-electron chi connectivity index (χ3n) is 5.11. The minimum Gasteiger partial charge on any atom is -0.459 e. The molecule has 28 heavy (non-hydrogen) atoms. The molecule has 4 rings (SSSR count). The molecule has 3 heterocycles. The Hall–Kier alpha value is -2.64. The summed E-state index contributed by atoms with van der Waals surface area (Å²) in [7, 11) is 0. The van der Waals surface area contributed by atoms with Gasteiger partial charge in [0.15, 0.2) is 0 Å². The van der Waals surface area contributed by atoms with Crippen molar-refractivity contribution in [3.8, 4) is 0 Å². The van der Waals surface area contributed by atoms with Crippen LogP contribution in [0.4, 0.5) is 0 Å². The van der Waals surface area contributed by atoms with Crippen LogP contribution in [0.3, 0.4) is 0 Å². The highest BCUT2D eigenvalue weighted by Gasteiger charge is 2.37. The Morgan fingerprint density at radius 3 is 2.54 bits per heavy atom. The Morgan fingerprint density at radius 1 is 1.29 bits per heavy atom. The second-order valence-electron chi connectivity index (χ2n) is 8.95. The molecule has 2 aromatic rings. The number of carbonyl (C=O) groups is 2. The summed E-state index contributed by atoms with van der Waals surface area (Å²) in [5.74, 6) is -0.334. The molecule has 2 aliphatic rings. The molecule has 1 aliphatic heterocycles. The molecule has 1 saturated carbocycles. The van der Waals surface area contributed by atoms with Crippen molar-refractivity contribution in [2.45, 2.75) is 78.1 Å². The number of hydrogen-bond acceptors (Lipinski definition) is 5. The van der Waals surface area contributed by atoms with E-state index in [1.807, 2.05) is 19.9 Å². The second kappa shape index (κ2) is 6.18. The summed E-state index contributed by atoms with van der Waals surface area (Å²) < 4.78 is 8.41. The maximum absolute atomic E-state index is 13.1. The van der Waals surface area contributed by atoms with Crippen LogP contribution in [0.2, 0.25) is 0 Å². The molecule has 0 atom stereocenters. The van der Waals surface area contributed by atoms with Crippen LogP contribution in [-0.2, 0) is 22.6 Å². The first kappa shape index (κ1) is 18.7. The van der Waals surface area contributed by atoms with Crippen molar-refractivity contribution < 1.29 is 14.3 Å². The molecule has 0 spiro atoms. The van der Waals surface area contributed by atoms with Gasteiger partial charge < -0.3 is 14.2 Å². The lowest BCUT2D eigenvalue weighted by atomic mass is 10.2. The van der Waals surface area contributed by atoms with Crippen molar-refractivity contribution in [3.05, 3.63) is 33.4 Å². The number of nitrogens with zero attached hydrogens (tertiary/aromatic N) is 4. The Kier molecular flexibility index (Phi) is 4.13. The highest BCUT2D eigenvalue weighted by atomic mass is 16.6. The Labute approximate surface area is 163 Å². The zero-order chi connectivity index (χ0) is 20.4. The van der Waals surface area contributed by atoms with E-state index in [0.717, 1.165) is 18.5 Å². The largest absolute Gasteiger partial charge is 0.459 e. The predicted molar refractivity (Wildman–Crippen MR) is 102 cm³/mol. The van der Waals surface area contributed by atoms with Crippen LogP contribution < -0.4 is 5.56 Å². The summed E-state index contributed by atoms with van der Waals surface area (Å²) in [4.78, 5) is 40.3. The summed E-state index contributed by atoms with van der Waals surface area (Å²) in [5, 5.41) is 4.49. The lowest BCUT2D eigenvalue weighted by Gasteiger charge is -2.21. The quantitative estimate of drug-likeness (QED) is 0.751. The average molecular weight is 386 g/mol. The molecule has 150 valence electrons. The van der Waals surface area contributed by atoms with Gasteiger partial charge in [-0.05, 0) is 47.5 Å². The van der Waals surface area contributed by atoms with Crippen molar-refractivity contribution in [1.29, 1.82) is 0 Å². The molecule has 0 saturated heterocycles. The first-order valence-electron chi connectivity index (χ1n) is 9.75. The Balaban J connectivity index is 1.88. The smallest absolute Gasteiger partial charge is 0.326 e. The van der Waals surface area contributed by atoms with Gasteiger partial charge in [0.05, 0.1) is 17.8 Å². The maximum Gasteiger partial charge on any atom is 0.326 e. The molecule has 0 aromatic carbocycles. The highest BCUT2D eigenvalue weighted by Crippen LogP contribution is 2.39. The average Bonchev–Trinajstić information content (AvgIpc) is 3.22. The van der Waals surface area contributed by atoms with Gasteiger partial charge in [0.2, 0.25) is 0 Å². The first-order valence-corrected chi connectivity index (χ1v) is 9.75. The minimum absolute atomic E-state index is 0.0522. The highest BCUT2D eigenvalue weighted by molar-refractivity contribution is 5.97. The Morgan fingerprint density at radius 2 is 1.96 bits per heavy atom. The number of amides is 1.